The Hall–Kier alpha value is -0.160. The standard InChI is InChI=1S/C15H30N2O2/c1-19-11-12(10-18)17-15-8-3-2-6-13(15)14-7-4-5-9-16-14/h12-18H,2-11H2,1H3. The number of rotatable bonds is 6. The average Bonchev–Trinajstić information content (AvgIpc) is 2.48. The van der Waals surface area contributed by atoms with Crippen LogP contribution >= 0.6 is 0 Å². The highest BCUT2D eigenvalue weighted by Gasteiger charge is 2.33. The molecule has 1 aliphatic heterocycles. The van der Waals surface area contributed by atoms with Crippen molar-refractivity contribution in [2.24, 2.45) is 5.92 Å². The van der Waals surface area contributed by atoms with Crippen LogP contribution in [0, 0.1) is 5.92 Å². The van der Waals surface area contributed by atoms with Gasteiger partial charge in [0.05, 0.1) is 19.3 Å². The van der Waals surface area contributed by atoms with Crippen LogP contribution in [-0.2, 0) is 4.74 Å². The maximum atomic E-state index is 9.43. The van der Waals surface area contributed by atoms with E-state index in [4.69, 9.17) is 4.74 Å². The molecule has 2 fully saturated rings. The molecule has 0 bridgehead atoms. The van der Waals surface area contributed by atoms with Crippen molar-refractivity contribution >= 4 is 0 Å². The lowest BCUT2D eigenvalue weighted by Crippen LogP contribution is -2.54. The monoisotopic (exact) mass is 270 g/mol. The Labute approximate surface area is 117 Å². The summed E-state index contributed by atoms with van der Waals surface area (Å²) in [6.45, 7) is 1.93. The lowest BCUT2D eigenvalue weighted by atomic mass is 9.77. The van der Waals surface area contributed by atoms with Gasteiger partial charge in [0.2, 0.25) is 0 Å². The molecule has 0 aromatic heterocycles. The second kappa shape index (κ2) is 8.20. The SMILES string of the molecule is COCC(CO)NC1CCCCC1C1CCCCN1. The molecule has 1 saturated heterocycles. The number of methoxy groups -OCH3 is 1. The summed E-state index contributed by atoms with van der Waals surface area (Å²) in [5, 5.41) is 16.8. The van der Waals surface area contributed by atoms with E-state index in [2.05, 4.69) is 10.6 Å². The zero-order valence-electron chi connectivity index (χ0n) is 12.2. The molecule has 4 unspecified atom stereocenters. The first-order valence-corrected chi connectivity index (χ1v) is 7.94. The van der Waals surface area contributed by atoms with Gasteiger partial charge in [-0.3, -0.25) is 0 Å². The molecular formula is C15H30N2O2. The van der Waals surface area contributed by atoms with Crippen LogP contribution in [0.5, 0.6) is 0 Å². The molecule has 1 saturated carbocycles. The van der Waals surface area contributed by atoms with Crippen molar-refractivity contribution in [3.8, 4) is 0 Å². The Morgan fingerprint density at radius 1 is 1.21 bits per heavy atom. The van der Waals surface area contributed by atoms with Crippen LogP contribution in [0.4, 0.5) is 0 Å². The quantitative estimate of drug-likeness (QED) is 0.681. The van der Waals surface area contributed by atoms with Crippen LogP contribution in [0.1, 0.15) is 44.9 Å². The fourth-order valence-corrected chi connectivity index (χ4v) is 3.75. The summed E-state index contributed by atoms with van der Waals surface area (Å²) in [7, 11) is 1.70. The van der Waals surface area contributed by atoms with Crippen molar-refractivity contribution in [2.45, 2.75) is 63.1 Å². The fourth-order valence-electron chi connectivity index (χ4n) is 3.75. The normalized spacial score (nSPS) is 34.1. The summed E-state index contributed by atoms with van der Waals surface area (Å²) < 4.78 is 5.18. The molecule has 4 heteroatoms. The first-order valence-electron chi connectivity index (χ1n) is 7.94. The number of hydrogen-bond donors (Lipinski definition) is 3. The Balaban J connectivity index is 1.90. The van der Waals surface area contributed by atoms with Gasteiger partial charge in [0.25, 0.3) is 0 Å². The molecule has 3 N–H and O–H groups in total. The van der Waals surface area contributed by atoms with Gasteiger partial charge >= 0.3 is 0 Å². The minimum Gasteiger partial charge on any atom is -0.395 e. The molecule has 0 radical (unpaired) electrons. The third kappa shape index (κ3) is 4.42. The third-order valence-electron chi connectivity index (χ3n) is 4.72. The number of ether oxygens (including phenoxy) is 1. The average molecular weight is 270 g/mol. The minimum atomic E-state index is 0.0826. The Bertz CT molecular complexity index is 244. The van der Waals surface area contributed by atoms with Crippen LogP contribution in [-0.4, -0.2) is 50.1 Å². The van der Waals surface area contributed by atoms with Crippen molar-refractivity contribution in [3.63, 3.8) is 0 Å². The van der Waals surface area contributed by atoms with Crippen LogP contribution in [0.15, 0.2) is 0 Å². The predicted molar refractivity (Wildman–Crippen MR) is 77.3 cm³/mol. The van der Waals surface area contributed by atoms with Crippen LogP contribution in [0.25, 0.3) is 0 Å². The molecule has 1 aliphatic carbocycles. The summed E-state index contributed by atoms with van der Waals surface area (Å²) in [4.78, 5) is 0. The minimum absolute atomic E-state index is 0.0826. The molecule has 19 heavy (non-hydrogen) atoms. The van der Waals surface area contributed by atoms with Crippen LogP contribution < -0.4 is 10.6 Å². The molecular weight excluding hydrogens is 240 g/mol. The van der Waals surface area contributed by atoms with Crippen molar-refractivity contribution < 1.29 is 9.84 Å². The first-order chi connectivity index (χ1) is 9.35. The molecule has 112 valence electrons. The first kappa shape index (κ1) is 15.2. The lowest BCUT2D eigenvalue weighted by Gasteiger charge is -2.41. The number of aliphatic hydroxyl groups excluding tert-OH is 1. The third-order valence-corrected chi connectivity index (χ3v) is 4.72. The van der Waals surface area contributed by atoms with Gasteiger partial charge in [-0.15, -0.1) is 0 Å². The number of nitrogens with one attached hydrogen (secondary N) is 2. The molecule has 2 rings (SSSR count). The molecule has 4 nitrogen and oxygen atoms in total. The van der Waals surface area contributed by atoms with Gasteiger partial charge in [-0.1, -0.05) is 19.3 Å². The van der Waals surface area contributed by atoms with Gasteiger partial charge in [-0.05, 0) is 38.1 Å². The number of aliphatic hydroxyl groups is 1. The van der Waals surface area contributed by atoms with Crippen molar-refractivity contribution in [2.75, 3.05) is 26.9 Å². The highest BCUT2D eigenvalue weighted by Crippen LogP contribution is 2.30. The second-order valence-electron chi connectivity index (χ2n) is 6.11. The molecule has 0 spiro atoms. The van der Waals surface area contributed by atoms with E-state index in [-0.39, 0.29) is 12.6 Å². The highest BCUT2D eigenvalue weighted by molar-refractivity contribution is 4.91. The molecule has 0 amide bonds. The Morgan fingerprint density at radius 2 is 2.00 bits per heavy atom. The van der Waals surface area contributed by atoms with Gasteiger partial charge in [-0.2, -0.15) is 0 Å². The van der Waals surface area contributed by atoms with Crippen molar-refractivity contribution in [3.05, 3.63) is 0 Å². The van der Waals surface area contributed by atoms with Crippen molar-refractivity contribution in [1.29, 1.82) is 0 Å². The van der Waals surface area contributed by atoms with Crippen LogP contribution in [0.3, 0.4) is 0 Å². The molecule has 4 atom stereocenters. The molecule has 1 heterocycles. The maximum Gasteiger partial charge on any atom is 0.0638 e. The van der Waals surface area contributed by atoms with E-state index in [1.165, 1.54) is 51.5 Å². The van der Waals surface area contributed by atoms with E-state index in [1.807, 2.05) is 0 Å². The zero-order valence-corrected chi connectivity index (χ0v) is 12.2. The van der Waals surface area contributed by atoms with E-state index >= 15 is 0 Å². The summed E-state index contributed by atoms with van der Waals surface area (Å²) in [6, 6.07) is 1.30. The summed E-state index contributed by atoms with van der Waals surface area (Å²) in [5.74, 6) is 0.722. The van der Waals surface area contributed by atoms with Gasteiger partial charge in [-0.25, -0.2) is 0 Å². The summed E-state index contributed by atoms with van der Waals surface area (Å²) in [6.07, 6.45) is 9.23. The van der Waals surface area contributed by atoms with Gasteiger partial charge < -0.3 is 20.5 Å². The molecule has 0 aromatic carbocycles. The second-order valence-corrected chi connectivity index (χ2v) is 6.11. The molecule has 0 aromatic rings. The van der Waals surface area contributed by atoms with Gasteiger partial charge in [0.15, 0.2) is 0 Å². The summed E-state index contributed by atoms with van der Waals surface area (Å²) in [5.41, 5.74) is 0. The van der Waals surface area contributed by atoms with Crippen LogP contribution in [0.2, 0.25) is 0 Å². The number of hydrogen-bond acceptors (Lipinski definition) is 4. The van der Waals surface area contributed by atoms with E-state index in [0.717, 1.165) is 5.92 Å². The largest absolute Gasteiger partial charge is 0.395 e. The fraction of sp³-hybridized carbons (Fsp3) is 1.00. The van der Waals surface area contributed by atoms with E-state index in [1.54, 1.807) is 7.11 Å². The lowest BCUT2D eigenvalue weighted by molar-refractivity contribution is 0.0984. The Morgan fingerprint density at radius 3 is 2.68 bits per heavy atom. The summed E-state index contributed by atoms with van der Waals surface area (Å²) >= 11 is 0. The van der Waals surface area contributed by atoms with E-state index < -0.39 is 0 Å². The Kier molecular flexibility index (Phi) is 6.57. The van der Waals surface area contributed by atoms with Gasteiger partial charge in [0.1, 0.15) is 0 Å². The highest BCUT2D eigenvalue weighted by atomic mass is 16.5. The van der Waals surface area contributed by atoms with E-state index in [0.29, 0.717) is 18.7 Å². The van der Waals surface area contributed by atoms with E-state index in [9.17, 15) is 5.11 Å². The maximum absolute atomic E-state index is 9.43. The van der Waals surface area contributed by atoms with Crippen molar-refractivity contribution in [1.82, 2.24) is 10.6 Å². The molecule has 2 aliphatic rings. The zero-order chi connectivity index (χ0) is 13.5. The topological polar surface area (TPSA) is 53.5 Å². The smallest absolute Gasteiger partial charge is 0.0638 e. The van der Waals surface area contributed by atoms with Gasteiger partial charge in [0, 0.05) is 19.2 Å². The predicted octanol–water partition coefficient (Wildman–Crippen LogP) is 1.28. The number of piperidine rings is 1.